The van der Waals surface area contributed by atoms with E-state index in [0.29, 0.717) is 11.3 Å². The molecule has 0 aliphatic rings. The lowest BCUT2D eigenvalue weighted by Crippen LogP contribution is -1.80. The molecule has 0 saturated carbocycles. The van der Waals surface area contributed by atoms with Crippen LogP contribution in [0.5, 0.6) is 0 Å². The second kappa shape index (κ2) is 3.42. The zero-order valence-corrected chi connectivity index (χ0v) is 6.23. The van der Waals surface area contributed by atoms with Crippen LogP contribution in [0.3, 0.4) is 0 Å². The molecule has 1 aromatic carbocycles. The summed E-state index contributed by atoms with van der Waals surface area (Å²) >= 11 is 4.81. The zero-order chi connectivity index (χ0) is 7.40. The third-order valence-corrected chi connectivity index (χ3v) is 1.62. The Morgan fingerprint density at radius 3 is 2.30 bits per heavy atom. The molecule has 0 heterocycles. The highest BCUT2D eigenvalue weighted by Gasteiger charge is 1.89. The van der Waals surface area contributed by atoms with Crippen LogP contribution in [0.15, 0.2) is 24.3 Å². The van der Waals surface area contributed by atoms with Gasteiger partial charge >= 0.3 is 0 Å². The van der Waals surface area contributed by atoms with E-state index in [1.54, 1.807) is 12.1 Å². The van der Waals surface area contributed by atoms with E-state index in [1.165, 1.54) is 0 Å². The Labute approximate surface area is 65.5 Å². The summed E-state index contributed by atoms with van der Waals surface area (Å²) in [7, 11) is 0. The minimum Gasteiger partial charge on any atom is -0.298 e. The molecule has 1 radical (unpaired) electrons. The summed E-state index contributed by atoms with van der Waals surface area (Å²) in [6.45, 7) is 0. The van der Waals surface area contributed by atoms with Gasteiger partial charge in [0.15, 0.2) is 0 Å². The third-order valence-electron chi connectivity index (χ3n) is 1.28. The molecular weight excluding hydrogens is 144 g/mol. The molecule has 0 N–H and O–H groups in total. The topological polar surface area (TPSA) is 17.1 Å². The average molecular weight is 151 g/mol. The molecule has 2 heteroatoms. The number of hydrogen-bond donors (Lipinski definition) is 0. The lowest BCUT2D eigenvalue weighted by Gasteiger charge is -1.92. The van der Waals surface area contributed by atoms with E-state index in [-0.39, 0.29) is 0 Å². The van der Waals surface area contributed by atoms with Gasteiger partial charge in [-0.25, -0.2) is 0 Å². The van der Waals surface area contributed by atoms with Crippen LogP contribution >= 0.6 is 12.6 Å². The summed E-state index contributed by atoms with van der Waals surface area (Å²) in [4.78, 5) is 10.2. The molecule has 0 aliphatic heterocycles. The Hall–Kier alpha value is -0.760. The molecule has 1 nitrogen and oxygen atoms in total. The van der Waals surface area contributed by atoms with Gasteiger partial charge in [-0.3, -0.25) is 4.79 Å². The van der Waals surface area contributed by atoms with Crippen molar-refractivity contribution >= 4 is 18.9 Å². The third kappa shape index (κ3) is 1.61. The van der Waals surface area contributed by atoms with E-state index in [0.717, 1.165) is 11.8 Å². The van der Waals surface area contributed by atoms with Crippen molar-refractivity contribution in [2.45, 2.75) is 5.75 Å². The summed E-state index contributed by atoms with van der Waals surface area (Å²) in [6.07, 6.45) is 0.827. The Bertz CT molecular complexity index is 215. The molecule has 10 heavy (non-hydrogen) atoms. The number of hydrogen-bond acceptors (Lipinski definition) is 1. The van der Waals surface area contributed by atoms with E-state index in [2.05, 4.69) is 0 Å². The van der Waals surface area contributed by atoms with E-state index < -0.39 is 0 Å². The second-order valence-corrected chi connectivity index (χ2v) is 2.29. The highest BCUT2D eigenvalue weighted by atomic mass is 32.1. The Morgan fingerprint density at radius 2 is 1.90 bits per heavy atom. The lowest BCUT2D eigenvalue weighted by molar-refractivity contribution is 0.112. The maximum Gasteiger partial charge on any atom is 0.150 e. The summed E-state index contributed by atoms with van der Waals surface area (Å²) < 4.78 is 0. The summed E-state index contributed by atoms with van der Waals surface area (Å²) in [5, 5.41) is 0. The van der Waals surface area contributed by atoms with Crippen LogP contribution in [0.2, 0.25) is 0 Å². The van der Waals surface area contributed by atoms with E-state index in [9.17, 15) is 4.79 Å². The van der Waals surface area contributed by atoms with Crippen molar-refractivity contribution < 1.29 is 4.79 Å². The lowest BCUT2D eigenvalue weighted by atomic mass is 10.2. The van der Waals surface area contributed by atoms with E-state index >= 15 is 0 Å². The molecular formula is C8H7OS. The van der Waals surface area contributed by atoms with Crippen molar-refractivity contribution in [1.82, 2.24) is 0 Å². The van der Waals surface area contributed by atoms with Crippen LogP contribution in [-0.4, -0.2) is 6.29 Å². The maximum atomic E-state index is 10.2. The van der Waals surface area contributed by atoms with Crippen LogP contribution in [0, 0.1) is 0 Å². The van der Waals surface area contributed by atoms with Gasteiger partial charge in [0.05, 0.1) is 0 Å². The van der Waals surface area contributed by atoms with Gasteiger partial charge < -0.3 is 0 Å². The number of rotatable bonds is 2. The molecule has 0 bridgehead atoms. The molecule has 0 aromatic heterocycles. The van der Waals surface area contributed by atoms with E-state index in [4.69, 9.17) is 12.6 Å². The molecule has 0 spiro atoms. The van der Waals surface area contributed by atoms with Crippen molar-refractivity contribution in [2.24, 2.45) is 0 Å². The van der Waals surface area contributed by atoms with Crippen molar-refractivity contribution in [3.05, 3.63) is 35.4 Å². The minimum atomic E-state index is 0.610. The largest absolute Gasteiger partial charge is 0.298 e. The normalized spacial score (nSPS) is 9.30. The van der Waals surface area contributed by atoms with Gasteiger partial charge in [-0.1, -0.05) is 36.9 Å². The first kappa shape index (κ1) is 7.35. The van der Waals surface area contributed by atoms with Crippen molar-refractivity contribution in [3.8, 4) is 0 Å². The quantitative estimate of drug-likeness (QED) is 0.592. The average Bonchev–Trinajstić information content (AvgIpc) is 2.05. The fourth-order valence-electron chi connectivity index (χ4n) is 0.692. The van der Waals surface area contributed by atoms with Crippen LogP contribution < -0.4 is 0 Å². The molecule has 0 unspecified atom stereocenters. The summed E-state index contributed by atoms with van der Waals surface area (Å²) in [6, 6.07) is 7.29. The molecule has 1 rings (SSSR count). The summed E-state index contributed by atoms with van der Waals surface area (Å²) in [5.74, 6) is 0.610. The highest BCUT2D eigenvalue weighted by Crippen LogP contribution is 2.04. The molecule has 0 atom stereocenters. The Morgan fingerprint density at radius 1 is 1.30 bits per heavy atom. The molecule has 1 aromatic rings. The van der Waals surface area contributed by atoms with Gasteiger partial charge in [-0.05, 0) is 5.56 Å². The van der Waals surface area contributed by atoms with Crippen molar-refractivity contribution in [3.63, 3.8) is 0 Å². The highest BCUT2D eigenvalue weighted by molar-refractivity contribution is 7.79. The fraction of sp³-hybridized carbons (Fsp3) is 0.125. The number of benzene rings is 1. The van der Waals surface area contributed by atoms with Gasteiger partial charge in [0.1, 0.15) is 6.29 Å². The SMILES string of the molecule is O=Cc1ccc(C[S])cc1. The first-order valence-corrected chi connectivity index (χ1v) is 3.57. The minimum absolute atomic E-state index is 0.610. The van der Waals surface area contributed by atoms with Crippen LogP contribution in [0.25, 0.3) is 0 Å². The standard InChI is InChI=1S/C8H7OS/c9-5-7-1-3-8(6-10)4-2-7/h1-5H,6H2. The predicted molar refractivity (Wildman–Crippen MR) is 43.1 cm³/mol. The predicted octanol–water partition coefficient (Wildman–Crippen LogP) is 2.20. The molecule has 0 amide bonds. The number of carbonyl (C=O) groups is 1. The van der Waals surface area contributed by atoms with Crippen molar-refractivity contribution in [2.75, 3.05) is 0 Å². The first-order chi connectivity index (χ1) is 4.86. The van der Waals surface area contributed by atoms with Crippen LogP contribution in [0.1, 0.15) is 15.9 Å². The van der Waals surface area contributed by atoms with Crippen LogP contribution in [-0.2, 0) is 5.75 Å². The van der Waals surface area contributed by atoms with Gasteiger partial charge in [0.2, 0.25) is 0 Å². The second-order valence-electron chi connectivity index (χ2n) is 2.00. The van der Waals surface area contributed by atoms with Gasteiger partial charge in [-0.2, -0.15) is 0 Å². The van der Waals surface area contributed by atoms with Gasteiger partial charge in [0.25, 0.3) is 0 Å². The number of carbonyl (C=O) groups excluding carboxylic acids is 1. The first-order valence-electron chi connectivity index (χ1n) is 2.99. The van der Waals surface area contributed by atoms with Gasteiger partial charge in [0, 0.05) is 11.3 Å². The Balaban J connectivity index is 2.90. The van der Waals surface area contributed by atoms with Gasteiger partial charge in [-0.15, -0.1) is 0 Å². The summed E-state index contributed by atoms with van der Waals surface area (Å²) in [5.41, 5.74) is 1.79. The number of aldehydes is 1. The zero-order valence-electron chi connectivity index (χ0n) is 5.41. The molecule has 0 fully saturated rings. The molecule has 0 aliphatic carbocycles. The van der Waals surface area contributed by atoms with E-state index in [1.807, 2.05) is 12.1 Å². The maximum absolute atomic E-state index is 10.2. The van der Waals surface area contributed by atoms with Crippen molar-refractivity contribution in [1.29, 1.82) is 0 Å². The van der Waals surface area contributed by atoms with Crippen LogP contribution in [0.4, 0.5) is 0 Å². The fourth-order valence-corrected chi connectivity index (χ4v) is 0.885. The molecule has 0 saturated heterocycles. The Kier molecular flexibility index (Phi) is 2.51. The molecule has 51 valence electrons. The monoisotopic (exact) mass is 151 g/mol. The smallest absolute Gasteiger partial charge is 0.150 e.